The number of anilines is 1. The molecule has 0 spiro atoms. The van der Waals surface area contributed by atoms with Gasteiger partial charge in [0.1, 0.15) is 0 Å². The maximum absolute atomic E-state index is 12.8. The van der Waals surface area contributed by atoms with Crippen molar-refractivity contribution in [1.82, 2.24) is 0 Å². The Morgan fingerprint density at radius 3 is 2.55 bits per heavy atom. The fourth-order valence-corrected chi connectivity index (χ4v) is 2.46. The molecule has 1 fully saturated rings. The first kappa shape index (κ1) is 14.7. The minimum Gasteiger partial charge on any atom is -0.391 e. The van der Waals surface area contributed by atoms with Crippen LogP contribution >= 0.6 is 0 Å². The number of aliphatic hydroxyl groups is 1. The number of aliphatic hydroxyl groups excluding tert-OH is 1. The van der Waals surface area contributed by atoms with Gasteiger partial charge >= 0.3 is 6.18 Å². The molecule has 108 valence electrons. The van der Waals surface area contributed by atoms with Crippen molar-refractivity contribution in [2.75, 3.05) is 5.32 Å². The Labute approximate surface area is 115 Å². The minimum absolute atomic E-state index is 0.238. The number of nitriles is 1. The Morgan fingerprint density at radius 2 is 1.95 bits per heavy atom. The van der Waals surface area contributed by atoms with Gasteiger partial charge in [-0.2, -0.15) is 18.4 Å². The zero-order chi connectivity index (χ0) is 14.8. The van der Waals surface area contributed by atoms with Crippen LogP contribution in [0.5, 0.6) is 0 Å². The summed E-state index contributed by atoms with van der Waals surface area (Å²) in [5.41, 5.74) is -1.06. The van der Waals surface area contributed by atoms with Gasteiger partial charge in [-0.25, -0.2) is 0 Å². The van der Waals surface area contributed by atoms with E-state index >= 15 is 0 Å². The fourth-order valence-electron chi connectivity index (χ4n) is 2.46. The predicted molar refractivity (Wildman–Crippen MR) is 68.0 cm³/mol. The number of rotatable bonds is 2. The number of halogens is 3. The van der Waals surface area contributed by atoms with Gasteiger partial charge in [-0.05, 0) is 31.0 Å². The first-order chi connectivity index (χ1) is 9.41. The van der Waals surface area contributed by atoms with Crippen LogP contribution in [0.25, 0.3) is 0 Å². The van der Waals surface area contributed by atoms with Crippen molar-refractivity contribution in [1.29, 1.82) is 5.26 Å². The van der Waals surface area contributed by atoms with Crippen LogP contribution in [0, 0.1) is 11.3 Å². The van der Waals surface area contributed by atoms with Gasteiger partial charge in [0.05, 0.1) is 29.3 Å². The van der Waals surface area contributed by atoms with Crippen molar-refractivity contribution < 1.29 is 18.3 Å². The standard InChI is InChI=1S/C14H15F3N2O/c15-14(16,17)11-7-10(6-5-9(11)8-18)19-12-3-1-2-4-13(12)20/h5-7,12-13,19-20H,1-4H2. The maximum Gasteiger partial charge on any atom is 0.417 e. The lowest BCUT2D eigenvalue weighted by Crippen LogP contribution is -2.36. The zero-order valence-electron chi connectivity index (χ0n) is 10.7. The van der Waals surface area contributed by atoms with Crippen LogP contribution in [0.2, 0.25) is 0 Å². The van der Waals surface area contributed by atoms with Gasteiger partial charge in [0.25, 0.3) is 0 Å². The Balaban J connectivity index is 2.23. The van der Waals surface area contributed by atoms with Crippen molar-refractivity contribution in [2.24, 2.45) is 0 Å². The Kier molecular flexibility index (Phi) is 4.19. The van der Waals surface area contributed by atoms with Gasteiger partial charge in [0, 0.05) is 5.69 Å². The highest BCUT2D eigenvalue weighted by molar-refractivity contribution is 5.53. The average molecular weight is 284 g/mol. The minimum atomic E-state index is -4.56. The van der Waals surface area contributed by atoms with E-state index in [1.807, 2.05) is 0 Å². The largest absolute Gasteiger partial charge is 0.417 e. The molecule has 6 heteroatoms. The van der Waals surface area contributed by atoms with Crippen LogP contribution in [0.3, 0.4) is 0 Å². The lowest BCUT2D eigenvalue weighted by molar-refractivity contribution is -0.137. The number of hydrogen-bond donors (Lipinski definition) is 2. The molecule has 1 aromatic carbocycles. The Bertz CT molecular complexity index is 522. The molecule has 1 saturated carbocycles. The number of alkyl halides is 3. The maximum atomic E-state index is 12.8. The van der Waals surface area contributed by atoms with E-state index in [9.17, 15) is 18.3 Å². The molecule has 3 nitrogen and oxygen atoms in total. The van der Waals surface area contributed by atoms with E-state index in [1.165, 1.54) is 6.07 Å². The van der Waals surface area contributed by atoms with E-state index in [-0.39, 0.29) is 11.7 Å². The predicted octanol–water partition coefficient (Wildman–Crippen LogP) is 3.29. The topological polar surface area (TPSA) is 56.0 Å². The van der Waals surface area contributed by atoms with Crippen LogP contribution in [0.1, 0.15) is 36.8 Å². The monoisotopic (exact) mass is 284 g/mol. The third-order valence-corrected chi connectivity index (χ3v) is 3.53. The first-order valence-corrected chi connectivity index (χ1v) is 6.48. The van der Waals surface area contributed by atoms with Crippen LogP contribution in [0.4, 0.5) is 18.9 Å². The summed E-state index contributed by atoms with van der Waals surface area (Å²) in [6.07, 6.45) is -1.86. The third kappa shape index (κ3) is 3.23. The molecule has 0 saturated heterocycles. The zero-order valence-corrected chi connectivity index (χ0v) is 10.7. The number of benzene rings is 1. The summed E-state index contributed by atoms with van der Waals surface area (Å²) >= 11 is 0. The molecule has 2 N–H and O–H groups in total. The number of hydrogen-bond acceptors (Lipinski definition) is 3. The van der Waals surface area contributed by atoms with E-state index in [1.54, 1.807) is 6.07 Å². The van der Waals surface area contributed by atoms with Gasteiger partial charge in [0.2, 0.25) is 0 Å². The third-order valence-electron chi connectivity index (χ3n) is 3.53. The van der Waals surface area contributed by atoms with E-state index in [2.05, 4.69) is 5.32 Å². The summed E-state index contributed by atoms with van der Waals surface area (Å²) in [7, 11) is 0. The summed E-state index contributed by atoms with van der Waals surface area (Å²) in [5, 5.41) is 21.5. The normalized spacial score (nSPS) is 23.1. The second kappa shape index (κ2) is 5.71. The van der Waals surface area contributed by atoms with Crippen molar-refractivity contribution >= 4 is 5.69 Å². The highest BCUT2D eigenvalue weighted by atomic mass is 19.4. The van der Waals surface area contributed by atoms with Gasteiger partial charge in [-0.1, -0.05) is 12.8 Å². The van der Waals surface area contributed by atoms with Crippen LogP contribution in [0.15, 0.2) is 18.2 Å². The summed E-state index contributed by atoms with van der Waals surface area (Å²) < 4.78 is 38.5. The van der Waals surface area contributed by atoms with Crippen LogP contribution in [-0.2, 0) is 6.18 Å². The van der Waals surface area contributed by atoms with Gasteiger partial charge < -0.3 is 10.4 Å². The van der Waals surface area contributed by atoms with Gasteiger partial charge in [-0.15, -0.1) is 0 Å². The highest BCUT2D eigenvalue weighted by Crippen LogP contribution is 2.34. The van der Waals surface area contributed by atoms with Crippen molar-refractivity contribution in [3.63, 3.8) is 0 Å². The Hall–Kier alpha value is -1.74. The molecule has 2 rings (SSSR count). The molecule has 2 unspecified atom stereocenters. The molecule has 2 atom stereocenters. The first-order valence-electron chi connectivity index (χ1n) is 6.48. The smallest absolute Gasteiger partial charge is 0.391 e. The number of nitrogens with zero attached hydrogens (tertiary/aromatic N) is 1. The van der Waals surface area contributed by atoms with Crippen LogP contribution < -0.4 is 5.32 Å². The van der Waals surface area contributed by atoms with Gasteiger partial charge in [-0.3, -0.25) is 0 Å². The summed E-state index contributed by atoms with van der Waals surface area (Å²) in [6, 6.07) is 4.83. The van der Waals surface area contributed by atoms with E-state index in [0.29, 0.717) is 6.42 Å². The second-order valence-electron chi connectivity index (χ2n) is 4.97. The molecular weight excluding hydrogens is 269 g/mol. The Morgan fingerprint density at radius 1 is 1.25 bits per heavy atom. The molecule has 0 aliphatic heterocycles. The lowest BCUT2D eigenvalue weighted by atomic mass is 9.92. The van der Waals surface area contributed by atoms with E-state index in [0.717, 1.165) is 31.4 Å². The average Bonchev–Trinajstić information content (AvgIpc) is 2.40. The van der Waals surface area contributed by atoms with E-state index < -0.39 is 23.4 Å². The molecule has 1 aliphatic carbocycles. The second-order valence-corrected chi connectivity index (χ2v) is 4.97. The summed E-state index contributed by atoms with van der Waals surface area (Å²) in [4.78, 5) is 0. The molecule has 1 aliphatic rings. The quantitative estimate of drug-likeness (QED) is 0.876. The molecule has 0 amide bonds. The highest BCUT2D eigenvalue weighted by Gasteiger charge is 2.34. The molecule has 0 bridgehead atoms. The summed E-state index contributed by atoms with van der Waals surface area (Å²) in [6.45, 7) is 0. The molecule has 0 radical (unpaired) electrons. The van der Waals surface area contributed by atoms with Crippen molar-refractivity contribution in [3.05, 3.63) is 29.3 Å². The molecular formula is C14H15F3N2O. The number of nitrogens with one attached hydrogen (secondary N) is 1. The van der Waals surface area contributed by atoms with Gasteiger partial charge in [0.15, 0.2) is 0 Å². The lowest BCUT2D eigenvalue weighted by Gasteiger charge is -2.29. The molecule has 1 aromatic rings. The fraction of sp³-hybridized carbons (Fsp3) is 0.500. The molecule has 0 heterocycles. The van der Waals surface area contributed by atoms with Crippen molar-refractivity contribution in [2.45, 2.75) is 44.0 Å². The SMILES string of the molecule is N#Cc1ccc(NC2CCCCC2O)cc1C(F)(F)F. The molecule has 20 heavy (non-hydrogen) atoms. The van der Waals surface area contributed by atoms with Crippen LogP contribution in [-0.4, -0.2) is 17.3 Å². The summed E-state index contributed by atoms with van der Waals surface area (Å²) in [5.74, 6) is 0. The van der Waals surface area contributed by atoms with E-state index in [4.69, 9.17) is 5.26 Å². The van der Waals surface area contributed by atoms with Crippen molar-refractivity contribution in [3.8, 4) is 6.07 Å². The molecule has 0 aromatic heterocycles.